The fourth-order valence-electron chi connectivity index (χ4n) is 12.3. The molecule has 562 valence electrons. The Morgan fingerprint density at radius 3 is 1.16 bits per heavy atom. The van der Waals surface area contributed by atoms with Crippen LogP contribution in [-0.4, -0.2) is 140 Å². The molecule has 0 radical (unpaired) electrons. The second-order valence-corrected chi connectivity index (χ2v) is 29.4. The number of unbranched alkanes of at least 4 members (excludes halogenated alkanes) is 2. The van der Waals surface area contributed by atoms with Crippen LogP contribution in [0.5, 0.6) is 0 Å². The lowest BCUT2D eigenvalue weighted by atomic mass is 9.99. The third-order valence-corrected chi connectivity index (χ3v) is 20.7. The molecule has 10 unspecified atom stereocenters. The van der Waals surface area contributed by atoms with E-state index in [-0.39, 0.29) is 90.8 Å². The number of hydrogen-bond acceptors (Lipinski definition) is 20. The Hall–Kier alpha value is -6.37. The van der Waals surface area contributed by atoms with E-state index in [9.17, 15) is 4.57 Å². The third kappa shape index (κ3) is 26.8. The zero-order chi connectivity index (χ0) is 73.0. The molecule has 2 aliphatic rings. The van der Waals surface area contributed by atoms with Crippen LogP contribution in [0.3, 0.4) is 0 Å². The Labute approximate surface area is 613 Å². The van der Waals surface area contributed by atoms with Gasteiger partial charge in [-0.25, -0.2) is 4.57 Å². The molecule has 16 atom stereocenters. The van der Waals surface area contributed by atoms with Gasteiger partial charge in [0.2, 0.25) is 0 Å². The molecule has 0 saturated carbocycles. The molecule has 24 heteroatoms. The van der Waals surface area contributed by atoms with Crippen molar-refractivity contribution in [2.45, 2.75) is 179 Å². The first kappa shape index (κ1) is 81.7. The Kier molecular flexibility index (Phi) is 35.1. The summed E-state index contributed by atoms with van der Waals surface area (Å²) in [5.41, 5.74) is 14.7. The first-order valence-corrected chi connectivity index (χ1v) is 39.3. The van der Waals surface area contributed by atoms with Crippen LogP contribution in [0.4, 0.5) is 0 Å². The highest BCUT2D eigenvalue weighted by Gasteiger charge is 2.51. The zero-order valence-electron chi connectivity index (χ0n) is 60.5. The highest BCUT2D eigenvalue weighted by molar-refractivity contribution is 7.53. The molecule has 7 aromatic carbocycles. The number of phosphoric acid groups is 1. The van der Waals surface area contributed by atoms with Crippen molar-refractivity contribution in [3.8, 4) is 0 Å². The number of phosphoric ester groups is 1. The SMILES string of the molecule is CC[C@H]1O[C@@H](OCC(OCc2ccccc2)C(OCc2ccccc2)C(COP(=O)(OCc2ccccc2)OC2[C@@H](CC)O[C@@H](OCC(OCc3ccccc3)C(OCc3ccccc3)C(COP(C)(=O)OCCCCCN=[N+]=[N-])OCc3ccccc3)[C@H]2OC)OCc2ccccc2)[C@@H](OC)C1C. The highest BCUT2D eigenvalue weighted by Crippen LogP contribution is 2.54. The molecule has 0 aromatic heterocycles. The van der Waals surface area contributed by atoms with E-state index < -0.39 is 89.5 Å². The van der Waals surface area contributed by atoms with Crippen molar-refractivity contribution in [1.82, 2.24) is 0 Å². The van der Waals surface area contributed by atoms with Crippen molar-refractivity contribution in [2.24, 2.45) is 11.0 Å². The lowest BCUT2D eigenvalue weighted by Gasteiger charge is -2.35. The predicted octanol–water partition coefficient (Wildman–Crippen LogP) is 16.5. The Balaban J connectivity index is 1.03. The van der Waals surface area contributed by atoms with Crippen LogP contribution in [-0.2, 0) is 135 Å². The molecule has 7 aromatic rings. The molecule has 22 nitrogen and oxygen atoms in total. The first-order valence-electron chi connectivity index (χ1n) is 35.9. The summed E-state index contributed by atoms with van der Waals surface area (Å²) in [6, 6.07) is 67.6. The van der Waals surface area contributed by atoms with E-state index in [1.807, 2.05) is 219 Å². The highest BCUT2D eigenvalue weighted by atomic mass is 31.2. The fraction of sp³-hybridized carbons (Fsp3) is 0.475. The van der Waals surface area contributed by atoms with E-state index >= 15 is 4.57 Å². The summed E-state index contributed by atoms with van der Waals surface area (Å²) in [4.78, 5) is 2.83. The molecule has 0 spiro atoms. The number of nitrogens with zero attached hydrogens (tertiary/aromatic N) is 3. The monoisotopic (exact) mass is 1470 g/mol. The van der Waals surface area contributed by atoms with Gasteiger partial charge in [-0.2, -0.15) is 0 Å². The lowest BCUT2D eigenvalue weighted by Crippen LogP contribution is -2.48. The van der Waals surface area contributed by atoms with Crippen molar-refractivity contribution in [3.63, 3.8) is 0 Å². The van der Waals surface area contributed by atoms with Crippen molar-refractivity contribution in [3.05, 3.63) is 262 Å². The van der Waals surface area contributed by atoms with Crippen LogP contribution in [0.1, 0.15) is 91.8 Å². The third-order valence-electron chi connectivity index (χ3n) is 18.1. The minimum Gasteiger partial charge on any atom is -0.376 e. The van der Waals surface area contributed by atoms with Gasteiger partial charge < -0.3 is 65.9 Å². The summed E-state index contributed by atoms with van der Waals surface area (Å²) < 4.78 is 144. The summed E-state index contributed by atoms with van der Waals surface area (Å²) in [7, 11) is -5.34. The summed E-state index contributed by atoms with van der Waals surface area (Å²) in [6.45, 7) is 7.68. The maximum absolute atomic E-state index is 16.2. The molecule has 2 aliphatic heterocycles. The molecule has 2 fully saturated rings. The molecule has 2 saturated heterocycles. The molecule has 104 heavy (non-hydrogen) atoms. The predicted molar refractivity (Wildman–Crippen MR) is 394 cm³/mol. The van der Waals surface area contributed by atoms with Crippen LogP contribution in [0.2, 0.25) is 0 Å². The Morgan fingerprint density at radius 1 is 0.423 bits per heavy atom. The van der Waals surface area contributed by atoms with Crippen LogP contribution in [0.25, 0.3) is 10.4 Å². The number of methoxy groups -OCH3 is 2. The van der Waals surface area contributed by atoms with E-state index in [1.165, 1.54) is 13.8 Å². The van der Waals surface area contributed by atoms with Crippen LogP contribution < -0.4 is 0 Å². The Bertz CT molecular complexity index is 3610. The smallest absolute Gasteiger partial charge is 0.376 e. The van der Waals surface area contributed by atoms with Crippen molar-refractivity contribution in [2.75, 3.05) is 60.5 Å². The average Bonchev–Trinajstić information content (AvgIpc) is 1.65. The maximum Gasteiger partial charge on any atom is 0.475 e. The second kappa shape index (κ2) is 44.7. The van der Waals surface area contributed by atoms with E-state index in [2.05, 4.69) is 23.9 Å². The number of rotatable bonds is 50. The molecular weight excluding hydrogens is 1370 g/mol. The minimum atomic E-state index is -4.79. The minimum absolute atomic E-state index is 0.0365. The molecule has 0 aliphatic carbocycles. The summed E-state index contributed by atoms with van der Waals surface area (Å²) in [5, 5.41) is 3.61. The standard InChI is InChI=1S/C80H103N3O19P2/c1-7-68-60(3)74(86-4)79(100-68)94-56-70(88-49-61-33-17-9-18-34-61)76(93-54-66-43-27-14-28-44-66)73(91-52-64-39-23-12-24-40-64)59-99-104(85,98-55-67-45-29-15-30-46-67)102-77-69(8-2)101-80(78(77)87-5)95-57-71(89-50-62-35-19-10-20-36-62)75(92-53-65-41-25-13-26-42-65)72(90-51-63-37-21-11-22-38-63)58-97-103(6,84)96-48-32-16-31-47-82-83-81/h9-15,17-30,33-46,60,68-80H,7-8,16,31-32,47-59H2,1-6H3/t60?,68-,69-,70?,71?,72?,73?,74+,75?,76?,77?,78+,79-,80-,103?,104?/m1/s1. The summed E-state index contributed by atoms with van der Waals surface area (Å²) in [5.74, 6) is 0.0417. The van der Waals surface area contributed by atoms with Crippen molar-refractivity contribution < 1.29 is 88.6 Å². The lowest BCUT2D eigenvalue weighted by molar-refractivity contribution is -0.217. The summed E-state index contributed by atoms with van der Waals surface area (Å²) in [6.07, 6.45) is -8.17. The van der Waals surface area contributed by atoms with E-state index in [0.29, 0.717) is 37.8 Å². The van der Waals surface area contributed by atoms with E-state index in [4.69, 9.17) is 85.0 Å². The fourth-order valence-corrected chi connectivity index (χ4v) is 14.6. The van der Waals surface area contributed by atoms with Crippen LogP contribution in [0.15, 0.2) is 217 Å². The normalized spacial score (nSPS) is 21.8. The van der Waals surface area contributed by atoms with Crippen LogP contribution >= 0.6 is 15.4 Å². The molecule has 0 N–H and O–H groups in total. The van der Waals surface area contributed by atoms with Gasteiger partial charge in [-0.1, -0.05) is 245 Å². The number of azide groups is 1. The maximum atomic E-state index is 16.2. The van der Waals surface area contributed by atoms with Gasteiger partial charge in [0.25, 0.3) is 0 Å². The first-order chi connectivity index (χ1) is 50.9. The van der Waals surface area contributed by atoms with E-state index in [0.717, 1.165) is 39.8 Å². The number of benzene rings is 7. The topological polar surface area (TPSA) is 240 Å². The number of ether oxygens (including phenoxy) is 12. The van der Waals surface area contributed by atoms with Gasteiger partial charge in [0.1, 0.15) is 54.9 Å². The molecule has 0 amide bonds. The van der Waals surface area contributed by atoms with Crippen molar-refractivity contribution in [1.29, 1.82) is 0 Å². The van der Waals surface area contributed by atoms with Gasteiger partial charge >= 0.3 is 15.4 Å². The molecule has 0 bridgehead atoms. The molecular formula is C80H103N3O19P2. The largest absolute Gasteiger partial charge is 0.475 e. The van der Waals surface area contributed by atoms with Gasteiger partial charge in [0.05, 0.1) is 91.5 Å². The van der Waals surface area contributed by atoms with Crippen molar-refractivity contribution >= 4 is 15.4 Å². The Morgan fingerprint density at radius 2 is 0.779 bits per heavy atom. The van der Waals surface area contributed by atoms with Gasteiger partial charge in [0.15, 0.2) is 12.6 Å². The molecule has 9 rings (SSSR count). The summed E-state index contributed by atoms with van der Waals surface area (Å²) >= 11 is 0. The van der Waals surface area contributed by atoms with Crippen LogP contribution in [0, 0.1) is 5.92 Å². The zero-order valence-corrected chi connectivity index (χ0v) is 62.3. The van der Waals surface area contributed by atoms with E-state index in [1.54, 1.807) is 7.11 Å². The van der Waals surface area contributed by atoms with Gasteiger partial charge in [-0.3, -0.25) is 18.1 Å². The number of hydrogen-bond donors (Lipinski definition) is 0. The van der Waals surface area contributed by atoms with Gasteiger partial charge in [-0.05, 0) is 70.2 Å². The second-order valence-electron chi connectivity index (χ2n) is 25.7. The van der Waals surface area contributed by atoms with Gasteiger partial charge in [-0.15, -0.1) is 0 Å². The average molecular weight is 1470 g/mol. The quantitative estimate of drug-likeness (QED) is 0.0113. The van der Waals surface area contributed by atoms with Gasteiger partial charge in [0, 0.05) is 38.3 Å². The molecule has 2 heterocycles.